The highest BCUT2D eigenvalue weighted by Gasteiger charge is 2.32. The molecule has 4 rings (SSSR count). The first kappa shape index (κ1) is 28.5. The molecule has 0 radical (unpaired) electrons. The van der Waals surface area contributed by atoms with Crippen molar-refractivity contribution < 1.29 is 19.1 Å². The van der Waals surface area contributed by atoms with Crippen molar-refractivity contribution in [1.82, 2.24) is 25.3 Å². The maximum absolute atomic E-state index is 13.6. The van der Waals surface area contributed by atoms with E-state index < -0.39 is 12.0 Å². The molecule has 0 aliphatic heterocycles. The third-order valence-electron chi connectivity index (χ3n) is 7.22. The number of H-pyrrole nitrogens is 1. The van der Waals surface area contributed by atoms with Gasteiger partial charge in [0, 0.05) is 23.1 Å². The molecule has 1 saturated carbocycles. The van der Waals surface area contributed by atoms with Crippen LogP contribution in [0, 0.1) is 12.8 Å². The van der Waals surface area contributed by atoms with E-state index in [4.69, 9.17) is 4.74 Å². The van der Waals surface area contributed by atoms with Crippen LogP contribution in [0.4, 0.5) is 5.69 Å². The highest BCUT2D eigenvalue weighted by molar-refractivity contribution is 6.01. The number of rotatable bonds is 11. The van der Waals surface area contributed by atoms with Crippen molar-refractivity contribution in [2.45, 2.75) is 58.0 Å². The lowest BCUT2D eigenvalue weighted by Crippen LogP contribution is -2.49. The Kier molecular flexibility index (Phi) is 9.31. The fourth-order valence-electron chi connectivity index (χ4n) is 5.18. The normalized spacial score (nSPS) is 14.4. The van der Waals surface area contributed by atoms with Crippen molar-refractivity contribution in [2.24, 2.45) is 5.92 Å². The van der Waals surface area contributed by atoms with E-state index in [1.165, 1.54) is 4.68 Å². The number of ether oxygens (including phenoxy) is 1. The molecule has 3 aromatic rings. The number of hydrogen-bond acceptors (Lipinski definition) is 6. The van der Waals surface area contributed by atoms with Gasteiger partial charge in [-0.2, -0.15) is 10.2 Å². The van der Waals surface area contributed by atoms with Gasteiger partial charge in [0.25, 0.3) is 5.91 Å². The number of esters is 1. The Bertz CT molecular complexity index is 1360. The summed E-state index contributed by atoms with van der Waals surface area (Å²) in [6, 6.07) is 7.71. The summed E-state index contributed by atoms with van der Waals surface area (Å²) in [6.07, 6.45) is 9.69. The van der Waals surface area contributed by atoms with Crippen LogP contribution >= 0.6 is 0 Å². The summed E-state index contributed by atoms with van der Waals surface area (Å²) in [4.78, 5) is 39.3. The molecule has 2 aromatic heterocycles. The van der Waals surface area contributed by atoms with E-state index in [1.54, 1.807) is 43.5 Å². The van der Waals surface area contributed by atoms with Crippen molar-refractivity contribution in [3.8, 4) is 11.1 Å². The Morgan fingerprint density at radius 3 is 2.48 bits per heavy atom. The second-order valence-electron chi connectivity index (χ2n) is 9.83. The molecule has 1 aliphatic carbocycles. The largest absolute Gasteiger partial charge is 0.461 e. The Morgan fingerprint density at radius 1 is 1.12 bits per heavy atom. The number of aromatic nitrogens is 4. The second kappa shape index (κ2) is 13.1. The lowest BCUT2D eigenvalue weighted by atomic mass is 9.83. The Morgan fingerprint density at radius 2 is 1.82 bits per heavy atom. The first-order chi connectivity index (χ1) is 19.4. The van der Waals surface area contributed by atoms with Crippen LogP contribution in [-0.2, 0) is 9.53 Å². The van der Waals surface area contributed by atoms with E-state index in [-0.39, 0.29) is 36.1 Å². The van der Waals surface area contributed by atoms with Crippen molar-refractivity contribution in [3.63, 3.8) is 0 Å². The van der Waals surface area contributed by atoms with Crippen LogP contribution in [0.25, 0.3) is 11.1 Å². The average Bonchev–Trinajstić information content (AvgIpc) is 3.60. The van der Waals surface area contributed by atoms with Gasteiger partial charge in [0.1, 0.15) is 11.7 Å². The molecule has 1 aromatic carbocycles. The lowest BCUT2D eigenvalue weighted by Gasteiger charge is -2.30. The number of aryl methyl sites for hydroxylation is 1. The van der Waals surface area contributed by atoms with Gasteiger partial charge in [0.05, 0.1) is 12.6 Å². The number of nitrogens with one attached hydrogen (secondary N) is 3. The zero-order valence-electron chi connectivity index (χ0n) is 23.0. The van der Waals surface area contributed by atoms with E-state index in [9.17, 15) is 14.4 Å². The third kappa shape index (κ3) is 6.22. The molecule has 1 atom stereocenters. The highest BCUT2D eigenvalue weighted by atomic mass is 16.5. The number of anilines is 1. The molecule has 1 fully saturated rings. The summed E-state index contributed by atoms with van der Waals surface area (Å²) in [5, 5.41) is 17.2. The molecule has 0 saturated heterocycles. The first-order valence-corrected chi connectivity index (χ1v) is 13.6. The Labute approximate surface area is 233 Å². The summed E-state index contributed by atoms with van der Waals surface area (Å²) >= 11 is 0. The van der Waals surface area contributed by atoms with Gasteiger partial charge in [-0.25, -0.2) is 9.48 Å². The number of carbonyl (C=O) groups excluding carboxylic acids is 3. The van der Waals surface area contributed by atoms with E-state index >= 15 is 0 Å². The molecule has 3 N–H and O–H groups in total. The lowest BCUT2D eigenvalue weighted by molar-refractivity contribution is -0.119. The monoisotopic (exact) mass is 544 g/mol. The predicted molar refractivity (Wildman–Crippen MR) is 153 cm³/mol. The Hall–Kier alpha value is -4.47. The number of aromatic amines is 1. The summed E-state index contributed by atoms with van der Waals surface area (Å²) in [5.41, 5.74) is 3.26. The van der Waals surface area contributed by atoms with Gasteiger partial charge in [-0.05, 0) is 56.4 Å². The molecule has 1 aliphatic rings. The topological polar surface area (TPSA) is 131 Å². The van der Waals surface area contributed by atoms with Gasteiger partial charge in [-0.1, -0.05) is 43.5 Å². The van der Waals surface area contributed by atoms with Gasteiger partial charge < -0.3 is 15.4 Å². The zero-order valence-corrected chi connectivity index (χ0v) is 23.0. The fourth-order valence-corrected chi connectivity index (χ4v) is 5.18. The fraction of sp³-hybridized carbons (Fsp3) is 0.367. The molecule has 0 spiro atoms. The number of carbonyl (C=O) groups is 3. The quantitative estimate of drug-likeness (QED) is 0.230. The average molecular weight is 545 g/mol. The van der Waals surface area contributed by atoms with E-state index in [0.29, 0.717) is 16.9 Å². The highest BCUT2D eigenvalue weighted by Crippen LogP contribution is 2.30. The standard InChI is InChI=1S/C30H36N6O4/c1-5-23(6-2)36-24(17-18-31-36)28(37)33-26(21-11-9-8-10-12-21)29(38)32-22-15-13-20(14-16-22)25-19(4)34-35-27(25)30(39)40-7-3/h5-6,13-18,21,23,26H,1-2,7-12H2,3-4H3,(H,32,38)(H,33,37)(H,34,35)/t26-/m0/s1. The van der Waals surface area contributed by atoms with Gasteiger partial charge in [-0.3, -0.25) is 14.7 Å². The van der Waals surface area contributed by atoms with Gasteiger partial charge in [0.15, 0.2) is 5.69 Å². The molecule has 2 amide bonds. The minimum absolute atomic E-state index is 0.0173. The number of nitrogens with zero attached hydrogens (tertiary/aromatic N) is 3. The molecule has 10 nitrogen and oxygen atoms in total. The first-order valence-electron chi connectivity index (χ1n) is 13.6. The maximum atomic E-state index is 13.6. The van der Waals surface area contributed by atoms with Crippen LogP contribution in [0.3, 0.4) is 0 Å². The molecule has 210 valence electrons. The van der Waals surface area contributed by atoms with Crippen LogP contribution in [0.1, 0.15) is 71.7 Å². The van der Waals surface area contributed by atoms with Crippen LogP contribution < -0.4 is 10.6 Å². The number of benzene rings is 1. The van der Waals surface area contributed by atoms with Crippen molar-refractivity contribution in [1.29, 1.82) is 0 Å². The zero-order chi connectivity index (χ0) is 28.6. The smallest absolute Gasteiger partial charge is 0.359 e. The minimum Gasteiger partial charge on any atom is -0.461 e. The van der Waals surface area contributed by atoms with Crippen LogP contribution in [0.15, 0.2) is 61.8 Å². The molecular weight excluding hydrogens is 508 g/mol. The van der Waals surface area contributed by atoms with Crippen molar-refractivity contribution in [2.75, 3.05) is 11.9 Å². The number of amides is 2. The molecule has 40 heavy (non-hydrogen) atoms. The maximum Gasteiger partial charge on any atom is 0.359 e. The van der Waals surface area contributed by atoms with Crippen molar-refractivity contribution in [3.05, 3.63) is 78.9 Å². The molecule has 0 bridgehead atoms. The molecule has 0 unspecified atom stereocenters. The van der Waals surface area contributed by atoms with Gasteiger partial charge in [-0.15, -0.1) is 13.2 Å². The van der Waals surface area contributed by atoms with Gasteiger partial charge >= 0.3 is 5.97 Å². The van der Waals surface area contributed by atoms with E-state index in [0.717, 1.165) is 43.4 Å². The van der Waals surface area contributed by atoms with Crippen LogP contribution in [0.2, 0.25) is 0 Å². The third-order valence-corrected chi connectivity index (χ3v) is 7.22. The number of hydrogen-bond donors (Lipinski definition) is 3. The van der Waals surface area contributed by atoms with Crippen LogP contribution in [0.5, 0.6) is 0 Å². The molecular formula is C30H36N6O4. The van der Waals surface area contributed by atoms with E-state index in [1.807, 2.05) is 19.1 Å². The second-order valence-corrected chi connectivity index (χ2v) is 9.83. The molecule has 2 heterocycles. The summed E-state index contributed by atoms with van der Waals surface area (Å²) in [7, 11) is 0. The predicted octanol–water partition coefficient (Wildman–Crippen LogP) is 4.99. The van der Waals surface area contributed by atoms with Gasteiger partial charge in [0.2, 0.25) is 5.91 Å². The number of allylic oxidation sites excluding steroid dienone is 2. The van der Waals surface area contributed by atoms with Crippen molar-refractivity contribution >= 4 is 23.5 Å². The summed E-state index contributed by atoms with van der Waals surface area (Å²) in [6.45, 7) is 11.4. The Balaban J connectivity index is 1.53. The molecule has 10 heteroatoms. The van der Waals surface area contributed by atoms with E-state index in [2.05, 4.69) is 39.1 Å². The summed E-state index contributed by atoms with van der Waals surface area (Å²) < 4.78 is 6.66. The minimum atomic E-state index is -0.715. The summed E-state index contributed by atoms with van der Waals surface area (Å²) in [5.74, 6) is -1.15. The SMILES string of the molecule is C=CC(C=C)n1nccc1C(=O)N[C@H](C(=O)Nc1ccc(-c2c(C(=O)OCC)n[nH]c2C)cc1)C1CCCCC1. The van der Waals surface area contributed by atoms with Crippen LogP contribution in [-0.4, -0.2) is 50.4 Å².